The van der Waals surface area contributed by atoms with E-state index < -0.39 is 11.0 Å². The SMILES string of the molecule is CC1(C)CC(=O)C2=C(C1)Nc1ccccc1N(C(=S)Nc1ccccc1)[C@H]2c1cccc([N+](=O)[O-])c1. The summed E-state index contributed by atoms with van der Waals surface area (Å²) in [6.07, 6.45) is 1.04. The highest BCUT2D eigenvalue weighted by molar-refractivity contribution is 7.80. The second-order valence-electron chi connectivity index (χ2n) is 9.90. The first-order chi connectivity index (χ1) is 17.2. The van der Waals surface area contributed by atoms with Gasteiger partial charge < -0.3 is 15.5 Å². The molecule has 0 spiro atoms. The molecule has 1 atom stereocenters. The second kappa shape index (κ2) is 9.20. The van der Waals surface area contributed by atoms with E-state index in [1.165, 1.54) is 12.1 Å². The number of nitrogens with zero attached hydrogens (tertiary/aromatic N) is 2. The summed E-state index contributed by atoms with van der Waals surface area (Å²) in [5.74, 6) is 0.00516. The van der Waals surface area contributed by atoms with Crippen LogP contribution in [0.25, 0.3) is 0 Å². The quantitative estimate of drug-likeness (QED) is 0.239. The lowest BCUT2D eigenvalue weighted by Crippen LogP contribution is -2.41. The van der Waals surface area contributed by atoms with Gasteiger partial charge in [0.2, 0.25) is 0 Å². The van der Waals surface area contributed by atoms with Gasteiger partial charge in [-0.25, -0.2) is 0 Å². The number of allylic oxidation sites excluding steroid dienone is 1. The third-order valence-electron chi connectivity index (χ3n) is 6.54. The Morgan fingerprint density at radius 2 is 1.78 bits per heavy atom. The van der Waals surface area contributed by atoms with Crippen molar-refractivity contribution in [1.82, 2.24) is 0 Å². The number of nitrogens with one attached hydrogen (secondary N) is 2. The summed E-state index contributed by atoms with van der Waals surface area (Å²) in [6.45, 7) is 4.16. The number of carbonyl (C=O) groups excluding carboxylic acids is 1. The lowest BCUT2D eigenvalue weighted by atomic mass is 9.73. The Morgan fingerprint density at radius 3 is 2.53 bits per heavy atom. The highest BCUT2D eigenvalue weighted by Gasteiger charge is 2.42. The average Bonchev–Trinajstić information content (AvgIpc) is 2.98. The Kier molecular flexibility index (Phi) is 6.05. The van der Waals surface area contributed by atoms with E-state index in [1.807, 2.05) is 65.6 Å². The highest BCUT2D eigenvalue weighted by Crippen LogP contribution is 2.48. The summed E-state index contributed by atoms with van der Waals surface area (Å²) in [5, 5.41) is 18.9. The van der Waals surface area contributed by atoms with Crippen molar-refractivity contribution >= 4 is 45.9 Å². The van der Waals surface area contributed by atoms with E-state index in [0.29, 0.717) is 29.1 Å². The Labute approximate surface area is 215 Å². The van der Waals surface area contributed by atoms with Crippen molar-refractivity contribution in [1.29, 1.82) is 0 Å². The van der Waals surface area contributed by atoms with Crippen molar-refractivity contribution in [3.63, 3.8) is 0 Å². The van der Waals surface area contributed by atoms with Crippen LogP contribution in [-0.2, 0) is 4.79 Å². The first-order valence-corrected chi connectivity index (χ1v) is 12.2. The Balaban J connectivity index is 1.75. The number of ketones is 1. The van der Waals surface area contributed by atoms with E-state index in [9.17, 15) is 14.9 Å². The zero-order chi connectivity index (χ0) is 25.4. The summed E-state index contributed by atoms with van der Waals surface area (Å²) in [6, 6.07) is 23.1. The van der Waals surface area contributed by atoms with Gasteiger partial charge in [0.15, 0.2) is 10.9 Å². The van der Waals surface area contributed by atoms with E-state index >= 15 is 0 Å². The van der Waals surface area contributed by atoms with Gasteiger partial charge in [0, 0.05) is 35.5 Å². The lowest BCUT2D eigenvalue weighted by molar-refractivity contribution is -0.384. The molecule has 1 aliphatic heterocycles. The molecule has 0 radical (unpaired) electrons. The van der Waals surface area contributed by atoms with Crippen LogP contribution in [0.15, 0.2) is 90.1 Å². The number of anilines is 3. The van der Waals surface area contributed by atoms with Crippen LogP contribution in [0.2, 0.25) is 0 Å². The van der Waals surface area contributed by atoms with Gasteiger partial charge in [-0.3, -0.25) is 14.9 Å². The van der Waals surface area contributed by atoms with Crippen molar-refractivity contribution in [2.75, 3.05) is 15.5 Å². The molecule has 8 heteroatoms. The van der Waals surface area contributed by atoms with Gasteiger partial charge in [0.05, 0.1) is 22.3 Å². The van der Waals surface area contributed by atoms with Crippen LogP contribution in [0.1, 0.15) is 38.3 Å². The van der Waals surface area contributed by atoms with Crippen molar-refractivity contribution in [3.05, 3.63) is 106 Å². The van der Waals surface area contributed by atoms with Gasteiger partial charge in [-0.1, -0.05) is 56.3 Å². The Bertz CT molecular complexity index is 1400. The molecule has 7 nitrogen and oxygen atoms in total. The summed E-state index contributed by atoms with van der Waals surface area (Å²) >= 11 is 5.95. The first-order valence-electron chi connectivity index (χ1n) is 11.8. The van der Waals surface area contributed by atoms with Gasteiger partial charge in [-0.15, -0.1) is 0 Å². The molecule has 1 aliphatic carbocycles. The number of Topliss-reactive ketones (excluding diaryl/α,β-unsaturated/α-hetero) is 1. The van der Waals surface area contributed by atoms with E-state index in [1.54, 1.807) is 6.07 Å². The van der Waals surface area contributed by atoms with Gasteiger partial charge in [0.25, 0.3) is 5.69 Å². The summed E-state index contributed by atoms with van der Waals surface area (Å²) in [5.41, 5.74) is 4.19. The van der Waals surface area contributed by atoms with E-state index in [4.69, 9.17) is 12.2 Å². The molecular formula is C28H26N4O3S. The van der Waals surface area contributed by atoms with Crippen molar-refractivity contribution in [2.45, 2.75) is 32.7 Å². The van der Waals surface area contributed by atoms with Crippen LogP contribution >= 0.6 is 12.2 Å². The van der Waals surface area contributed by atoms with Crippen LogP contribution in [0.3, 0.4) is 0 Å². The molecule has 182 valence electrons. The van der Waals surface area contributed by atoms with Crippen LogP contribution in [0, 0.1) is 15.5 Å². The zero-order valence-corrected chi connectivity index (χ0v) is 20.8. The number of thiocarbonyl (C=S) groups is 1. The Hall–Kier alpha value is -4.04. The molecule has 36 heavy (non-hydrogen) atoms. The number of rotatable bonds is 3. The molecule has 0 fully saturated rings. The van der Waals surface area contributed by atoms with Gasteiger partial charge in [0.1, 0.15) is 0 Å². The number of hydrogen-bond acceptors (Lipinski definition) is 5. The maximum absolute atomic E-state index is 13.8. The fourth-order valence-electron chi connectivity index (χ4n) is 5.04. The molecule has 0 unspecified atom stereocenters. The number of benzene rings is 3. The molecule has 2 aliphatic rings. The molecule has 0 amide bonds. The molecule has 1 heterocycles. The topological polar surface area (TPSA) is 87.5 Å². The summed E-state index contributed by atoms with van der Waals surface area (Å²) in [7, 11) is 0. The average molecular weight is 499 g/mol. The smallest absolute Gasteiger partial charge is 0.269 e. The maximum Gasteiger partial charge on any atom is 0.269 e. The number of para-hydroxylation sites is 3. The van der Waals surface area contributed by atoms with Crippen LogP contribution < -0.4 is 15.5 Å². The minimum atomic E-state index is -0.650. The number of hydrogen-bond donors (Lipinski definition) is 2. The van der Waals surface area contributed by atoms with E-state index in [2.05, 4.69) is 24.5 Å². The molecule has 5 rings (SSSR count). The monoisotopic (exact) mass is 498 g/mol. The first kappa shape index (κ1) is 23.7. The van der Waals surface area contributed by atoms with Crippen molar-refractivity contribution in [3.8, 4) is 0 Å². The van der Waals surface area contributed by atoms with E-state index in [-0.39, 0.29) is 16.9 Å². The van der Waals surface area contributed by atoms with Gasteiger partial charge >= 0.3 is 0 Å². The predicted molar refractivity (Wildman–Crippen MR) is 146 cm³/mol. The molecule has 0 saturated carbocycles. The number of nitro groups is 1. The lowest BCUT2D eigenvalue weighted by Gasteiger charge is -2.38. The van der Waals surface area contributed by atoms with Crippen LogP contribution in [0.5, 0.6) is 0 Å². The van der Waals surface area contributed by atoms with Crippen molar-refractivity contribution < 1.29 is 9.72 Å². The number of carbonyl (C=O) groups is 1. The van der Waals surface area contributed by atoms with Crippen molar-refractivity contribution in [2.24, 2.45) is 5.41 Å². The molecule has 0 saturated heterocycles. The Morgan fingerprint density at radius 1 is 1.06 bits per heavy atom. The fourth-order valence-corrected chi connectivity index (χ4v) is 5.36. The van der Waals surface area contributed by atoms with Crippen LogP contribution in [-0.4, -0.2) is 15.8 Å². The standard InChI is InChI=1S/C28H26N4O3S/c1-28(2)16-22-25(24(33)17-28)26(18-9-8-12-20(15-18)32(34)35)31(23-14-7-6-13-21(23)30-22)27(36)29-19-10-4-3-5-11-19/h3-15,26,30H,16-17H2,1-2H3,(H,29,36)/t26-/m0/s1. The number of non-ortho nitro benzene ring substituents is 1. The zero-order valence-electron chi connectivity index (χ0n) is 20.0. The predicted octanol–water partition coefficient (Wildman–Crippen LogP) is 6.61. The maximum atomic E-state index is 13.8. The third kappa shape index (κ3) is 4.47. The van der Waals surface area contributed by atoms with Crippen LogP contribution in [0.4, 0.5) is 22.7 Å². The summed E-state index contributed by atoms with van der Waals surface area (Å²) < 4.78 is 0. The number of nitro benzene ring substituents is 1. The largest absolute Gasteiger partial charge is 0.357 e. The molecule has 3 aromatic carbocycles. The number of fused-ring (bicyclic) bond motifs is 1. The molecule has 0 bridgehead atoms. The highest BCUT2D eigenvalue weighted by atomic mass is 32.1. The summed E-state index contributed by atoms with van der Waals surface area (Å²) in [4.78, 5) is 26.9. The normalized spacial score (nSPS) is 18.4. The van der Waals surface area contributed by atoms with Gasteiger partial charge in [-0.2, -0.15) is 0 Å². The minimum absolute atomic E-state index is 0.00516. The molecule has 2 N–H and O–H groups in total. The second-order valence-corrected chi connectivity index (χ2v) is 10.3. The minimum Gasteiger partial charge on any atom is -0.357 e. The van der Waals surface area contributed by atoms with Gasteiger partial charge in [-0.05, 0) is 53.9 Å². The molecule has 0 aromatic heterocycles. The molecular weight excluding hydrogens is 472 g/mol. The fraction of sp³-hybridized carbons (Fsp3) is 0.214. The molecule has 3 aromatic rings. The van der Waals surface area contributed by atoms with E-state index in [0.717, 1.165) is 22.8 Å². The third-order valence-corrected chi connectivity index (χ3v) is 6.84.